The van der Waals surface area contributed by atoms with E-state index < -0.39 is 17.1 Å². The molecule has 252 valence electrons. The summed E-state index contributed by atoms with van der Waals surface area (Å²) in [5.74, 6) is 0.589. The minimum atomic E-state index is -2.27. The molecule has 4 aliphatic rings. The van der Waals surface area contributed by atoms with Gasteiger partial charge in [0.25, 0.3) is 5.91 Å². The van der Waals surface area contributed by atoms with Crippen molar-refractivity contribution in [3.05, 3.63) is 42.1 Å². The highest BCUT2D eigenvalue weighted by Gasteiger charge is 2.46. The van der Waals surface area contributed by atoms with Crippen LogP contribution in [0.1, 0.15) is 63.2 Å². The fourth-order valence-electron chi connectivity index (χ4n) is 7.18. The average Bonchev–Trinajstić information content (AvgIpc) is 3.00. The first-order chi connectivity index (χ1) is 22.2. The van der Waals surface area contributed by atoms with E-state index in [0.29, 0.717) is 24.7 Å². The topological polar surface area (TPSA) is 118 Å². The highest BCUT2D eigenvalue weighted by Crippen LogP contribution is 2.45. The van der Waals surface area contributed by atoms with Gasteiger partial charge in [0.15, 0.2) is 11.6 Å². The second-order valence-electron chi connectivity index (χ2n) is 13.3. The lowest BCUT2D eigenvalue weighted by atomic mass is 9.72. The zero-order chi connectivity index (χ0) is 32.4. The van der Waals surface area contributed by atoms with Crippen LogP contribution in [0.15, 0.2) is 30.7 Å². The maximum atomic E-state index is 14.3. The van der Waals surface area contributed by atoms with Crippen LogP contribution in [0, 0.1) is 11.2 Å². The molecule has 0 bridgehead atoms. The van der Waals surface area contributed by atoms with Crippen molar-refractivity contribution in [1.82, 2.24) is 29.2 Å². The molecule has 2 aromatic rings. The quantitative estimate of drug-likeness (QED) is 0.333. The zero-order valence-electron chi connectivity index (χ0n) is 27.0. The van der Waals surface area contributed by atoms with Crippen LogP contribution in [0.4, 0.5) is 10.2 Å². The summed E-state index contributed by atoms with van der Waals surface area (Å²) in [6.45, 7) is 12.8. The number of amides is 1. The van der Waals surface area contributed by atoms with Gasteiger partial charge in [0.2, 0.25) is 0 Å². The third-order valence-electron chi connectivity index (χ3n) is 9.93. The van der Waals surface area contributed by atoms with Crippen molar-refractivity contribution in [1.29, 1.82) is 0 Å². The number of likely N-dealkylation sites (tertiary alicyclic amines) is 1. The number of ether oxygens (including phenoxy) is 2. The molecule has 0 saturated carbocycles. The second-order valence-corrected chi connectivity index (χ2v) is 14.1. The van der Waals surface area contributed by atoms with E-state index in [9.17, 15) is 17.9 Å². The minimum absolute atomic E-state index is 0.0425. The molecule has 6 rings (SSSR count). The summed E-state index contributed by atoms with van der Waals surface area (Å²) in [6.07, 6.45) is 8.04. The molecule has 1 amide bonds. The first-order valence-electron chi connectivity index (χ1n) is 16.5. The van der Waals surface area contributed by atoms with Gasteiger partial charge in [0, 0.05) is 62.0 Å². The number of hydrogen-bond donors (Lipinski definition) is 0. The van der Waals surface area contributed by atoms with Gasteiger partial charge in [-0.3, -0.25) is 9.00 Å². The lowest BCUT2D eigenvalue weighted by molar-refractivity contribution is -0.0998. The molecule has 12 nitrogen and oxygen atoms in total. The van der Waals surface area contributed by atoms with E-state index >= 15 is 0 Å². The second kappa shape index (κ2) is 14.2. The molecule has 46 heavy (non-hydrogen) atoms. The van der Waals surface area contributed by atoms with Crippen molar-refractivity contribution >= 4 is 23.0 Å². The summed E-state index contributed by atoms with van der Waals surface area (Å²) in [5.41, 5.74) is 0.368. The van der Waals surface area contributed by atoms with Crippen LogP contribution in [0.5, 0.6) is 11.5 Å². The maximum Gasteiger partial charge on any atom is 0.257 e. The molecule has 4 aliphatic heterocycles. The molecule has 0 N–H and O–H groups in total. The molecule has 14 heteroatoms. The smallest absolute Gasteiger partial charge is 0.257 e. The minimum Gasteiger partial charge on any atom is -0.759 e. The van der Waals surface area contributed by atoms with Gasteiger partial charge < -0.3 is 28.7 Å². The van der Waals surface area contributed by atoms with Crippen LogP contribution in [-0.2, 0) is 16.0 Å². The summed E-state index contributed by atoms with van der Waals surface area (Å²) < 4.78 is 51.8. The predicted molar refractivity (Wildman–Crippen MR) is 170 cm³/mol. The first kappa shape index (κ1) is 33.2. The van der Waals surface area contributed by atoms with E-state index in [4.69, 9.17) is 9.47 Å². The lowest BCUT2D eigenvalue weighted by Crippen LogP contribution is -2.61. The molecule has 1 aromatic carbocycles. The Bertz CT molecular complexity index is 1390. The SMILES string of the molecule is CCN(C(=O)c1cc(F)ccc1Oc1cncnc1N1CC2(CCN(C[C@@H]3CC[C@@H](N(N4CCC4)S(=O)[O-])CO3)CC2)C1)C(C)C. The molecule has 4 fully saturated rings. The highest BCUT2D eigenvalue weighted by molar-refractivity contribution is 7.76. The van der Waals surface area contributed by atoms with Gasteiger partial charge in [-0.1, -0.05) is 0 Å². The summed E-state index contributed by atoms with van der Waals surface area (Å²) in [7, 11) is 0. The molecule has 1 aromatic heterocycles. The Morgan fingerprint density at radius 2 is 1.96 bits per heavy atom. The van der Waals surface area contributed by atoms with Crippen molar-refractivity contribution in [2.45, 2.75) is 71.1 Å². The number of aromatic nitrogens is 2. The fourth-order valence-corrected chi connectivity index (χ4v) is 7.94. The zero-order valence-corrected chi connectivity index (χ0v) is 27.8. The number of hydrazine groups is 1. The molecule has 3 atom stereocenters. The van der Waals surface area contributed by atoms with Crippen molar-refractivity contribution in [2.75, 3.05) is 63.9 Å². The molecule has 4 saturated heterocycles. The third kappa shape index (κ3) is 7.07. The van der Waals surface area contributed by atoms with Gasteiger partial charge >= 0.3 is 0 Å². The predicted octanol–water partition coefficient (Wildman–Crippen LogP) is 3.45. The Balaban J connectivity index is 1.02. The molecule has 0 radical (unpaired) electrons. The van der Waals surface area contributed by atoms with Gasteiger partial charge in [0.1, 0.15) is 17.9 Å². The number of benzene rings is 1. The maximum absolute atomic E-state index is 14.3. The molecule has 1 spiro atoms. The van der Waals surface area contributed by atoms with E-state index in [1.165, 1.54) is 28.9 Å². The number of hydrogen-bond acceptors (Lipinski definition) is 10. The summed E-state index contributed by atoms with van der Waals surface area (Å²) in [6, 6.07) is 3.86. The average molecular weight is 659 g/mol. The van der Waals surface area contributed by atoms with Crippen LogP contribution < -0.4 is 9.64 Å². The number of rotatable bonds is 11. The van der Waals surface area contributed by atoms with E-state index in [1.54, 1.807) is 11.1 Å². The van der Waals surface area contributed by atoms with E-state index in [1.807, 2.05) is 25.8 Å². The number of anilines is 1. The third-order valence-corrected chi connectivity index (χ3v) is 10.8. The van der Waals surface area contributed by atoms with E-state index in [-0.39, 0.29) is 40.8 Å². The normalized spacial score (nSPS) is 24.1. The summed E-state index contributed by atoms with van der Waals surface area (Å²) in [4.78, 5) is 28.4. The van der Waals surface area contributed by atoms with Crippen LogP contribution in [0.3, 0.4) is 0 Å². The summed E-state index contributed by atoms with van der Waals surface area (Å²) >= 11 is -2.27. The molecular weight excluding hydrogens is 613 g/mol. The number of carbonyl (C=O) groups is 1. The Kier molecular flexibility index (Phi) is 10.2. The van der Waals surface area contributed by atoms with Crippen LogP contribution >= 0.6 is 0 Å². The molecule has 1 unspecified atom stereocenters. The van der Waals surface area contributed by atoms with Gasteiger partial charge in [-0.25, -0.2) is 19.4 Å². The van der Waals surface area contributed by atoms with Crippen molar-refractivity contribution in [2.24, 2.45) is 5.41 Å². The highest BCUT2D eigenvalue weighted by atomic mass is 32.2. The Hall–Kier alpha value is -2.75. The number of halogens is 1. The van der Waals surface area contributed by atoms with Crippen LogP contribution in [0.2, 0.25) is 0 Å². The van der Waals surface area contributed by atoms with Crippen molar-refractivity contribution in [3.8, 4) is 11.5 Å². The number of nitrogens with zero attached hydrogens (tertiary/aromatic N) is 7. The van der Waals surface area contributed by atoms with Gasteiger partial charge in [-0.05, 0) is 84.2 Å². The fraction of sp³-hybridized carbons (Fsp3) is 0.656. The largest absolute Gasteiger partial charge is 0.759 e. The van der Waals surface area contributed by atoms with Crippen LogP contribution in [-0.4, -0.2) is 121 Å². The van der Waals surface area contributed by atoms with Crippen molar-refractivity contribution < 1.29 is 27.4 Å². The van der Waals surface area contributed by atoms with Gasteiger partial charge in [0.05, 0.1) is 30.5 Å². The van der Waals surface area contributed by atoms with Gasteiger partial charge in [-0.2, -0.15) is 4.41 Å². The lowest BCUT2D eigenvalue weighted by Gasteiger charge is -2.54. The Labute approximate surface area is 273 Å². The van der Waals surface area contributed by atoms with Crippen molar-refractivity contribution in [3.63, 3.8) is 0 Å². The van der Waals surface area contributed by atoms with Crippen LogP contribution in [0.25, 0.3) is 0 Å². The molecule has 0 aliphatic carbocycles. The monoisotopic (exact) mass is 658 g/mol. The van der Waals surface area contributed by atoms with E-state index in [0.717, 1.165) is 77.9 Å². The number of piperidine rings is 1. The van der Waals surface area contributed by atoms with Gasteiger partial charge in [-0.15, -0.1) is 0 Å². The molecule has 5 heterocycles. The number of carbonyl (C=O) groups excluding carboxylic acids is 1. The standard InChI is InChI=1S/C32H46FN7O5S/c1-4-39(23(2)3)31(41)27-16-24(33)6-9-28(27)45-29-17-34-22-35-30(29)37-20-32(21-37)10-14-36(15-11-32)18-26-8-7-25(19-44-26)40(46(42)43)38-12-5-13-38/h6,9,16-17,22-23,25-26H,4-5,7-8,10-15,18-21H2,1-3H3,(H,42,43)/p-1/t25-,26+/m1/s1. The molecular formula is C32H45FN7O5S-. The Morgan fingerprint density at radius 1 is 1.20 bits per heavy atom. The Morgan fingerprint density at radius 3 is 2.57 bits per heavy atom. The first-order valence-corrected chi connectivity index (χ1v) is 17.5. The summed E-state index contributed by atoms with van der Waals surface area (Å²) in [5, 5.41) is 1.90. The van der Waals surface area contributed by atoms with E-state index in [2.05, 4.69) is 19.8 Å².